The molecule has 8 heteroatoms. The molecule has 1 aromatic heterocycles. The summed E-state index contributed by atoms with van der Waals surface area (Å²) in [5.41, 5.74) is 3.72. The molecule has 3 aromatic rings. The highest BCUT2D eigenvalue weighted by Crippen LogP contribution is 2.37. The molecule has 0 radical (unpaired) electrons. The van der Waals surface area contributed by atoms with Crippen molar-refractivity contribution in [2.24, 2.45) is 0 Å². The SMILES string of the molecule is Cc1ccc([C@@H]2c3ccsc3CCN2CC(=O)N2CCN(S(=O)(=O)c3ccccc3)[C@@H](C)C2)cc1. The second-order valence-electron chi connectivity index (χ2n) is 9.45. The molecule has 184 valence electrons. The van der Waals surface area contributed by atoms with Crippen molar-refractivity contribution >= 4 is 27.3 Å². The third-order valence-corrected chi connectivity index (χ3v) is 10.1. The molecule has 5 rings (SSSR count). The molecule has 0 aliphatic carbocycles. The lowest BCUT2D eigenvalue weighted by molar-refractivity contribution is -0.135. The van der Waals surface area contributed by atoms with Crippen LogP contribution < -0.4 is 0 Å². The van der Waals surface area contributed by atoms with Gasteiger partial charge in [-0.1, -0.05) is 48.0 Å². The molecule has 3 heterocycles. The summed E-state index contributed by atoms with van der Waals surface area (Å²) in [5, 5.41) is 2.14. The normalized spacial score (nSPS) is 21.6. The van der Waals surface area contributed by atoms with Gasteiger partial charge < -0.3 is 4.90 Å². The van der Waals surface area contributed by atoms with Crippen LogP contribution >= 0.6 is 11.3 Å². The van der Waals surface area contributed by atoms with Crippen LogP contribution in [0.25, 0.3) is 0 Å². The fraction of sp³-hybridized carbons (Fsp3) is 0.370. The molecule has 2 aliphatic heterocycles. The van der Waals surface area contributed by atoms with Crippen molar-refractivity contribution in [2.45, 2.75) is 37.2 Å². The Labute approximate surface area is 211 Å². The minimum Gasteiger partial charge on any atom is -0.339 e. The van der Waals surface area contributed by atoms with Gasteiger partial charge in [0.1, 0.15) is 0 Å². The summed E-state index contributed by atoms with van der Waals surface area (Å²) in [6.07, 6.45) is 0.947. The Bertz CT molecular complexity index is 1290. The second kappa shape index (κ2) is 9.85. The number of sulfonamides is 1. The molecule has 1 amide bonds. The molecule has 0 spiro atoms. The predicted molar refractivity (Wildman–Crippen MR) is 139 cm³/mol. The van der Waals surface area contributed by atoms with E-state index in [0.717, 1.165) is 13.0 Å². The van der Waals surface area contributed by atoms with Crippen LogP contribution in [0.2, 0.25) is 0 Å². The van der Waals surface area contributed by atoms with E-state index in [-0.39, 0.29) is 18.0 Å². The smallest absolute Gasteiger partial charge is 0.243 e. The van der Waals surface area contributed by atoms with Crippen LogP contribution in [-0.4, -0.2) is 67.2 Å². The van der Waals surface area contributed by atoms with Gasteiger partial charge in [0.05, 0.1) is 17.5 Å². The predicted octanol–water partition coefficient (Wildman–Crippen LogP) is 3.93. The Hall–Kier alpha value is -2.52. The molecular formula is C27H31N3O3S2. The van der Waals surface area contributed by atoms with E-state index in [1.165, 1.54) is 25.9 Å². The summed E-state index contributed by atoms with van der Waals surface area (Å²) in [7, 11) is -3.58. The highest BCUT2D eigenvalue weighted by molar-refractivity contribution is 7.89. The monoisotopic (exact) mass is 509 g/mol. The van der Waals surface area contributed by atoms with Gasteiger partial charge in [-0.3, -0.25) is 9.69 Å². The van der Waals surface area contributed by atoms with E-state index in [4.69, 9.17) is 0 Å². The summed E-state index contributed by atoms with van der Waals surface area (Å²) in [6, 6.07) is 19.1. The molecule has 6 nitrogen and oxygen atoms in total. The number of thiophene rings is 1. The third kappa shape index (κ3) is 4.80. The Morgan fingerprint density at radius 1 is 1.00 bits per heavy atom. The van der Waals surface area contributed by atoms with E-state index in [1.807, 2.05) is 17.9 Å². The lowest BCUT2D eigenvalue weighted by atomic mass is 9.92. The maximum absolute atomic E-state index is 13.4. The number of piperazine rings is 1. The number of rotatable bonds is 5. The number of fused-ring (bicyclic) bond motifs is 1. The molecule has 0 saturated carbocycles. The van der Waals surface area contributed by atoms with Gasteiger partial charge in [0, 0.05) is 37.1 Å². The van der Waals surface area contributed by atoms with E-state index in [0.29, 0.717) is 31.1 Å². The zero-order valence-electron chi connectivity index (χ0n) is 20.1. The first kappa shape index (κ1) is 24.2. The van der Waals surface area contributed by atoms with Gasteiger partial charge in [-0.2, -0.15) is 4.31 Å². The van der Waals surface area contributed by atoms with E-state index in [9.17, 15) is 13.2 Å². The van der Waals surface area contributed by atoms with Crippen LogP contribution in [0.15, 0.2) is 70.9 Å². The summed E-state index contributed by atoms with van der Waals surface area (Å²) in [6.45, 7) is 6.23. The van der Waals surface area contributed by atoms with Crippen molar-refractivity contribution in [2.75, 3.05) is 32.7 Å². The third-order valence-electron chi connectivity index (χ3n) is 7.07. The first-order chi connectivity index (χ1) is 16.8. The Kier molecular flexibility index (Phi) is 6.81. The highest BCUT2D eigenvalue weighted by atomic mass is 32.2. The number of hydrogen-bond acceptors (Lipinski definition) is 5. The van der Waals surface area contributed by atoms with Crippen molar-refractivity contribution in [1.82, 2.24) is 14.1 Å². The first-order valence-corrected chi connectivity index (χ1v) is 14.4. The Balaban J connectivity index is 1.30. The molecule has 1 saturated heterocycles. The largest absolute Gasteiger partial charge is 0.339 e. The zero-order valence-corrected chi connectivity index (χ0v) is 21.8. The van der Waals surface area contributed by atoms with E-state index in [2.05, 4.69) is 47.5 Å². The molecule has 0 bridgehead atoms. The quantitative estimate of drug-likeness (QED) is 0.523. The molecule has 0 unspecified atom stereocenters. The van der Waals surface area contributed by atoms with Crippen LogP contribution in [0, 0.1) is 6.92 Å². The second-order valence-corrected chi connectivity index (χ2v) is 12.3. The van der Waals surface area contributed by atoms with Gasteiger partial charge in [0.25, 0.3) is 0 Å². The van der Waals surface area contributed by atoms with Crippen molar-refractivity contribution in [3.8, 4) is 0 Å². The minimum atomic E-state index is -3.58. The van der Waals surface area contributed by atoms with E-state index < -0.39 is 10.0 Å². The summed E-state index contributed by atoms with van der Waals surface area (Å²) in [4.78, 5) is 19.2. The number of benzene rings is 2. The van der Waals surface area contributed by atoms with Gasteiger partial charge in [-0.05, 0) is 55.0 Å². The van der Waals surface area contributed by atoms with Gasteiger partial charge in [-0.15, -0.1) is 11.3 Å². The van der Waals surface area contributed by atoms with Crippen molar-refractivity contribution < 1.29 is 13.2 Å². The van der Waals surface area contributed by atoms with Crippen LogP contribution in [-0.2, 0) is 21.2 Å². The van der Waals surface area contributed by atoms with Gasteiger partial charge in [0.2, 0.25) is 15.9 Å². The highest BCUT2D eigenvalue weighted by Gasteiger charge is 2.37. The fourth-order valence-electron chi connectivity index (χ4n) is 5.20. The number of amides is 1. The number of hydrogen-bond donors (Lipinski definition) is 0. The van der Waals surface area contributed by atoms with E-state index in [1.54, 1.807) is 35.6 Å². The summed E-state index contributed by atoms with van der Waals surface area (Å²) in [5.74, 6) is 0.0596. The number of carbonyl (C=O) groups excluding carboxylic acids is 1. The fourth-order valence-corrected chi connectivity index (χ4v) is 7.74. The van der Waals surface area contributed by atoms with Crippen LogP contribution in [0.3, 0.4) is 0 Å². The van der Waals surface area contributed by atoms with Gasteiger partial charge >= 0.3 is 0 Å². The van der Waals surface area contributed by atoms with E-state index >= 15 is 0 Å². The zero-order chi connectivity index (χ0) is 24.6. The van der Waals surface area contributed by atoms with Crippen LogP contribution in [0.4, 0.5) is 0 Å². The van der Waals surface area contributed by atoms with Crippen molar-refractivity contribution in [3.05, 3.63) is 87.6 Å². The number of aryl methyl sites for hydroxylation is 1. The first-order valence-electron chi connectivity index (χ1n) is 12.1. The molecule has 2 aliphatic rings. The topological polar surface area (TPSA) is 60.9 Å². The molecule has 2 aromatic carbocycles. The lowest BCUT2D eigenvalue weighted by Gasteiger charge is -2.41. The number of nitrogens with zero attached hydrogens (tertiary/aromatic N) is 3. The van der Waals surface area contributed by atoms with Crippen molar-refractivity contribution in [1.29, 1.82) is 0 Å². The summed E-state index contributed by atoms with van der Waals surface area (Å²) < 4.78 is 27.8. The molecule has 2 atom stereocenters. The minimum absolute atomic E-state index is 0.0596. The van der Waals surface area contributed by atoms with Crippen molar-refractivity contribution in [3.63, 3.8) is 0 Å². The lowest BCUT2D eigenvalue weighted by Crippen LogP contribution is -2.57. The molecule has 0 N–H and O–H groups in total. The standard InChI is InChI=1S/C27H31N3O3S2/c1-20-8-10-22(11-9-20)27-24-13-17-34-25(24)12-14-29(27)19-26(31)28-15-16-30(21(2)18-28)35(32,33)23-6-4-3-5-7-23/h3-11,13,17,21,27H,12,14-16,18-19H2,1-2H3/t21-,27+/m0/s1. The molecular weight excluding hydrogens is 478 g/mol. The maximum Gasteiger partial charge on any atom is 0.243 e. The van der Waals surface area contributed by atoms with Crippen LogP contribution in [0.5, 0.6) is 0 Å². The number of carbonyl (C=O) groups is 1. The Morgan fingerprint density at radius 3 is 2.46 bits per heavy atom. The molecule has 35 heavy (non-hydrogen) atoms. The van der Waals surface area contributed by atoms with Gasteiger partial charge in [-0.25, -0.2) is 8.42 Å². The Morgan fingerprint density at radius 2 is 1.74 bits per heavy atom. The molecule has 1 fully saturated rings. The van der Waals surface area contributed by atoms with Gasteiger partial charge in [0.15, 0.2) is 0 Å². The maximum atomic E-state index is 13.4. The van der Waals surface area contributed by atoms with Crippen LogP contribution in [0.1, 0.15) is 34.5 Å². The summed E-state index contributed by atoms with van der Waals surface area (Å²) >= 11 is 1.79. The average Bonchev–Trinajstić information content (AvgIpc) is 3.34. The average molecular weight is 510 g/mol.